The van der Waals surface area contributed by atoms with Crippen LogP contribution in [0.3, 0.4) is 0 Å². The number of likely N-dealkylation sites (N-methyl/N-ethyl adjacent to an activating group) is 1. The van der Waals surface area contributed by atoms with E-state index in [1.54, 1.807) is 62.7 Å². The number of hydrogen-bond donors (Lipinski definition) is 5. The molecule has 4 aliphatic rings. The van der Waals surface area contributed by atoms with E-state index in [4.69, 9.17) is 18.9 Å². The Balaban J connectivity index is 0.000000451. The van der Waals surface area contributed by atoms with Crippen molar-refractivity contribution in [1.29, 1.82) is 0 Å². The van der Waals surface area contributed by atoms with E-state index in [1.165, 1.54) is 33.3 Å². The number of hydrogen-bond acceptors (Lipinski definition) is 15. The maximum atomic E-state index is 12.1. The minimum atomic E-state index is -1.04. The Bertz CT molecular complexity index is 1120. The number of amidine groups is 2. The number of nitrogens with zero attached hydrogens (tertiary/aromatic N) is 4. The highest BCUT2D eigenvalue weighted by Crippen LogP contribution is 2.39. The fourth-order valence-corrected chi connectivity index (χ4v) is 7.05. The zero-order chi connectivity index (χ0) is 34.0. The van der Waals surface area contributed by atoms with E-state index in [0.717, 1.165) is 0 Å². The van der Waals surface area contributed by atoms with Crippen LogP contribution in [0.2, 0.25) is 0 Å². The van der Waals surface area contributed by atoms with Gasteiger partial charge in [-0.05, 0) is 55.0 Å². The van der Waals surface area contributed by atoms with Crippen LogP contribution < -0.4 is 5.32 Å². The lowest BCUT2D eigenvalue weighted by atomic mass is 9.97. The summed E-state index contributed by atoms with van der Waals surface area (Å²) in [5.41, 5.74) is -2.04. The normalized spacial score (nSPS) is 33.6. The molecule has 0 unspecified atom stereocenters. The number of carbonyl (C=O) groups excluding carboxylic acids is 2. The molecule has 0 aromatic heterocycles. The highest BCUT2D eigenvalue weighted by atomic mass is 32.2. The molecule has 0 bridgehead atoms. The molecule has 0 aromatic rings. The molecule has 2 amide bonds. The van der Waals surface area contributed by atoms with E-state index in [-0.39, 0.29) is 8.85 Å². The van der Waals surface area contributed by atoms with Crippen LogP contribution in [0.4, 0.5) is 9.59 Å². The van der Waals surface area contributed by atoms with Crippen molar-refractivity contribution in [3.63, 3.8) is 0 Å². The molecule has 0 saturated carbocycles. The van der Waals surface area contributed by atoms with Crippen molar-refractivity contribution in [2.75, 3.05) is 27.7 Å². The number of rotatable bonds is 3. The van der Waals surface area contributed by atoms with Gasteiger partial charge in [0.2, 0.25) is 0 Å². The van der Waals surface area contributed by atoms with Gasteiger partial charge in [-0.1, -0.05) is 37.9 Å². The molecule has 2 fully saturated rings. The van der Waals surface area contributed by atoms with E-state index in [9.17, 15) is 30.0 Å². The van der Waals surface area contributed by atoms with E-state index < -0.39 is 83.0 Å². The molecule has 0 aliphatic carbocycles. The molecular weight excluding hydrogens is 642 g/mol. The highest BCUT2D eigenvalue weighted by molar-refractivity contribution is 8.14. The number of carbonyl (C=O) groups is 2. The lowest BCUT2D eigenvalue weighted by Crippen LogP contribution is -2.57. The number of aliphatic imine (C=N–C) groups is 2. The van der Waals surface area contributed by atoms with Gasteiger partial charge in [0.25, 0.3) is 0 Å². The summed E-state index contributed by atoms with van der Waals surface area (Å²) in [6.07, 6.45) is -5.43. The Morgan fingerprint density at radius 1 is 0.804 bits per heavy atom. The van der Waals surface area contributed by atoms with Gasteiger partial charge < -0.3 is 44.7 Å². The molecule has 4 heterocycles. The van der Waals surface area contributed by atoms with E-state index in [0.29, 0.717) is 23.3 Å². The summed E-state index contributed by atoms with van der Waals surface area (Å²) in [5.74, 6) is 0. The number of aliphatic hydroxyl groups excluding tert-OH is 4. The largest absolute Gasteiger partial charge is 0.443 e. The molecular formula is C29H55N5O10S2. The number of ether oxygens (including phenoxy) is 4. The van der Waals surface area contributed by atoms with Crippen LogP contribution in [0.15, 0.2) is 9.98 Å². The molecule has 5 N–H and O–H groups in total. The quantitative estimate of drug-likeness (QED) is 0.288. The Hall–Kier alpha value is -1.70. The fourth-order valence-electron chi connectivity index (χ4n) is 4.68. The number of fused-ring (bicyclic) bond motifs is 2. The van der Waals surface area contributed by atoms with Crippen LogP contribution in [-0.2, 0) is 18.9 Å². The lowest BCUT2D eigenvalue weighted by molar-refractivity contribution is -0.153. The van der Waals surface area contributed by atoms with Crippen molar-refractivity contribution in [2.24, 2.45) is 9.98 Å². The van der Waals surface area contributed by atoms with E-state index in [1.807, 2.05) is 6.92 Å². The zero-order valence-corrected chi connectivity index (χ0v) is 29.2. The van der Waals surface area contributed by atoms with Crippen LogP contribution in [0.25, 0.3) is 0 Å². The van der Waals surface area contributed by atoms with Crippen molar-refractivity contribution in [3.8, 4) is 0 Å². The Morgan fingerprint density at radius 3 is 1.52 bits per heavy atom. The molecule has 0 aromatic carbocycles. The van der Waals surface area contributed by atoms with Crippen LogP contribution in [0, 0.1) is 0 Å². The second kappa shape index (κ2) is 16.1. The third-order valence-corrected chi connectivity index (χ3v) is 9.44. The van der Waals surface area contributed by atoms with E-state index in [2.05, 4.69) is 15.3 Å². The maximum absolute atomic E-state index is 12.1. The second-order valence-corrected chi connectivity index (χ2v) is 15.3. The van der Waals surface area contributed by atoms with Gasteiger partial charge in [0.1, 0.15) is 64.7 Å². The van der Waals surface area contributed by atoms with Crippen molar-refractivity contribution in [3.05, 3.63) is 0 Å². The number of nitrogens with one attached hydrogen (secondary N) is 1. The number of thioether (sulfide) groups is 2. The zero-order valence-electron chi connectivity index (χ0n) is 27.5. The molecule has 10 atom stereocenters. The summed E-state index contributed by atoms with van der Waals surface area (Å²) in [5, 5.41) is 44.3. The van der Waals surface area contributed by atoms with Crippen LogP contribution in [0.5, 0.6) is 0 Å². The SMILES string of the molecule is C.CC[C@H]1O[C@@H]2SC(N(C)C(=O)OC(C)(C)C)=N[C@@H]2[C@@H](O)[C@@H]1O.CNC[C@H]1O[C@@H]2SC(N(C)C(=O)OC(C)(C)C)=N[C@@H]2[C@@H](O)[C@@H]1O.[HH]. The van der Waals surface area contributed by atoms with Crippen molar-refractivity contribution in [2.45, 2.75) is 133 Å². The van der Waals surface area contributed by atoms with Gasteiger partial charge in [-0.2, -0.15) is 0 Å². The first-order valence-corrected chi connectivity index (χ1v) is 16.6. The Labute approximate surface area is 281 Å². The monoisotopic (exact) mass is 697 g/mol. The molecule has 0 radical (unpaired) electrons. The summed E-state index contributed by atoms with van der Waals surface area (Å²) in [4.78, 5) is 35.5. The number of amides is 2. The summed E-state index contributed by atoms with van der Waals surface area (Å²) in [7, 11) is 4.87. The topological polar surface area (TPSA) is 195 Å². The van der Waals surface area contributed by atoms with Gasteiger partial charge in [-0.15, -0.1) is 0 Å². The standard InChI is InChI=1S/C14H25N3O5S.C14H24N2O5S.CH4.H2/c1-14(2,3)22-13(20)17(5)12-16-8-10(19)9(18)7(6-15-4)21-11(8)23-12;1-6-7-9(17)10(18)8-11(20-7)22-12(15-8)16(5)13(19)21-14(2,3)4;;/h7-11,15,18-19H,6H2,1-5H3;7-11,17-18H,6H2,1-5H3;1H4;1H/t2*7-,8-,9-,10-,11-;;/m11../s1. The van der Waals surface area contributed by atoms with Gasteiger partial charge in [-0.25, -0.2) is 9.59 Å². The molecule has 15 nitrogen and oxygen atoms in total. The van der Waals surface area contributed by atoms with Crippen molar-refractivity contribution < 1.29 is 50.4 Å². The minimum absolute atomic E-state index is 0. The summed E-state index contributed by atoms with van der Waals surface area (Å²) in [6.45, 7) is 13.0. The third-order valence-electron chi connectivity index (χ3n) is 7.02. The van der Waals surface area contributed by atoms with Crippen molar-refractivity contribution >= 4 is 46.0 Å². The van der Waals surface area contributed by atoms with Gasteiger partial charge in [-0.3, -0.25) is 19.8 Å². The molecule has 17 heteroatoms. The van der Waals surface area contributed by atoms with E-state index >= 15 is 0 Å². The van der Waals surface area contributed by atoms with Gasteiger partial charge >= 0.3 is 12.2 Å². The van der Waals surface area contributed by atoms with Gasteiger partial charge in [0.05, 0.1) is 6.10 Å². The predicted molar refractivity (Wildman–Crippen MR) is 180 cm³/mol. The van der Waals surface area contributed by atoms with Gasteiger partial charge in [0, 0.05) is 22.1 Å². The van der Waals surface area contributed by atoms with Crippen LogP contribution in [0.1, 0.15) is 63.7 Å². The lowest BCUT2D eigenvalue weighted by Gasteiger charge is -2.38. The second-order valence-electron chi connectivity index (χ2n) is 13.1. The Morgan fingerprint density at radius 2 is 1.17 bits per heavy atom. The smallest absolute Gasteiger partial charge is 0.416 e. The highest BCUT2D eigenvalue weighted by Gasteiger charge is 2.50. The fraction of sp³-hybridized carbons (Fsp3) is 0.862. The average molecular weight is 698 g/mol. The minimum Gasteiger partial charge on any atom is -0.443 e. The first-order chi connectivity index (χ1) is 20.8. The first kappa shape index (κ1) is 40.5. The summed E-state index contributed by atoms with van der Waals surface area (Å²) < 4.78 is 22.2. The predicted octanol–water partition coefficient (Wildman–Crippen LogP) is 2.05. The molecule has 4 aliphatic heterocycles. The Kier molecular flexibility index (Phi) is 14.2. The summed E-state index contributed by atoms with van der Waals surface area (Å²) >= 11 is 2.51. The number of aliphatic hydroxyl groups is 4. The molecule has 4 rings (SSSR count). The summed E-state index contributed by atoms with van der Waals surface area (Å²) in [6, 6.07) is -1.19. The first-order valence-electron chi connectivity index (χ1n) is 14.9. The van der Waals surface area contributed by atoms with Crippen LogP contribution in [-0.4, -0.2) is 151 Å². The average Bonchev–Trinajstić information content (AvgIpc) is 3.56. The molecule has 46 heavy (non-hydrogen) atoms. The van der Waals surface area contributed by atoms with Crippen LogP contribution >= 0.6 is 23.5 Å². The molecule has 2 saturated heterocycles. The van der Waals surface area contributed by atoms with Crippen molar-refractivity contribution in [1.82, 2.24) is 15.1 Å². The molecule has 268 valence electrons. The maximum Gasteiger partial charge on any atom is 0.416 e. The third kappa shape index (κ3) is 9.92. The molecule has 0 spiro atoms. The van der Waals surface area contributed by atoms with Gasteiger partial charge in [0.15, 0.2) is 10.3 Å².